The van der Waals surface area contributed by atoms with Crippen LogP contribution in [0.25, 0.3) is 11.0 Å². The van der Waals surface area contributed by atoms with E-state index in [1.165, 1.54) is 19.2 Å². The fraction of sp³-hybridized carbons (Fsp3) is 0.412. The predicted octanol–water partition coefficient (Wildman–Crippen LogP) is 6.07. The minimum absolute atomic E-state index is 0.0591. The summed E-state index contributed by atoms with van der Waals surface area (Å²) in [6, 6.07) is 13.7. The number of para-hydroxylation sites is 1. The molecule has 3 atom stereocenters. The number of carbonyl (C=O) groups is 1. The Hall–Kier alpha value is -4.06. The number of carboxylic acids is 1. The first kappa shape index (κ1) is 30.6. The number of halogens is 2. The Morgan fingerprint density at radius 1 is 1.20 bits per heavy atom. The van der Waals surface area contributed by atoms with Crippen LogP contribution in [-0.2, 0) is 23.6 Å². The highest BCUT2D eigenvalue weighted by atomic mass is 35.5. The number of methoxy groups -OCH3 is 1. The molecule has 3 aromatic carbocycles. The molecule has 4 aromatic rings. The van der Waals surface area contributed by atoms with Crippen molar-refractivity contribution in [2.75, 3.05) is 38.3 Å². The van der Waals surface area contributed by atoms with Crippen molar-refractivity contribution in [3.05, 3.63) is 76.3 Å². The second-order valence-corrected chi connectivity index (χ2v) is 12.6. The minimum atomic E-state index is -1.33. The van der Waals surface area contributed by atoms with Crippen LogP contribution < -0.4 is 19.1 Å². The second kappa shape index (κ2) is 11.9. The number of aromatic nitrogens is 2. The van der Waals surface area contributed by atoms with Gasteiger partial charge in [-0.2, -0.15) is 0 Å². The molecule has 0 bridgehead atoms. The summed E-state index contributed by atoms with van der Waals surface area (Å²) in [4.78, 5) is 21.6. The molecule has 1 aromatic heterocycles. The fourth-order valence-corrected chi connectivity index (χ4v) is 6.85. The zero-order valence-electron chi connectivity index (χ0n) is 26.0. The summed E-state index contributed by atoms with van der Waals surface area (Å²) in [6.45, 7) is 8.00. The van der Waals surface area contributed by atoms with Crippen molar-refractivity contribution in [1.82, 2.24) is 14.5 Å². The molecule has 46 heavy (non-hydrogen) atoms. The summed E-state index contributed by atoms with van der Waals surface area (Å²) in [6.07, 6.45) is 1.90. The highest BCUT2D eigenvalue weighted by Gasteiger charge is 2.43. The predicted molar refractivity (Wildman–Crippen MR) is 171 cm³/mol. The highest BCUT2D eigenvalue weighted by molar-refractivity contribution is 6.30. The molecule has 4 heterocycles. The summed E-state index contributed by atoms with van der Waals surface area (Å²) < 4.78 is 41.0. The monoisotopic (exact) mass is 650 g/mol. The van der Waals surface area contributed by atoms with Gasteiger partial charge in [0.25, 0.3) is 5.79 Å². The molecule has 3 aliphatic rings. The number of rotatable bonds is 9. The van der Waals surface area contributed by atoms with E-state index in [2.05, 4.69) is 21.3 Å². The largest absolute Gasteiger partial charge is 0.494 e. The lowest BCUT2D eigenvalue weighted by Gasteiger charge is -2.42. The molecule has 2 saturated heterocycles. The van der Waals surface area contributed by atoms with Gasteiger partial charge < -0.3 is 33.5 Å². The number of fused-ring (bicyclic) bond motifs is 2. The van der Waals surface area contributed by atoms with Crippen molar-refractivity contribution in [3.8, 4) is 17.2 Å². The summed E-state index contributed by atoms with van der Waals surface area (Å²) in [5.74, 6) is -0.405. The van der Waals surface area contributed by atoms with E-state index >= 15 is 0 Å². The molecule has 3 aliphatic heterocycles. The zero-order chi connectivity index (χ0) is 32.2. The molecule has 0 aliphatic carbocycles. The molecule has 0 amide bonds. The molecule has 7 rings (SSSR count). The number of anilines is 1. The van der Waals surface area contributed by atoms with Crippen molar-refractivity contribution >= 4 is 34.3 Å². The third-order valence-corrected chi connectivity index (χ3v) is 9.52. The van der Waals surface area contributed by atoms with E-state index in [0.29, 0.717) is 40.9 Å². The van der Waals surface area contributed by atoms with Crippen LogP contribution in [0.4, 0.5) is 10.1 Å². The van der Waals surface area contributed by atoms with Gasteiger partial charge in [-0.25, -0.2) is 14.2 Å². The van der Waals surface area contributed by atoms with Crippen molar-refractivity contribution in [3.63, 3.8) is 0 Å². The van der Waals surface area contributed by atoms with Crippen molar-refractivity contribution in [2.24, 2.45) is 0 Å². The van der Waals surface area contributed by atoms with Gasteiger partial charge >= 0.3 is 5.97 Å². The van der Waals surface area contributed by atoms with Crippen molar-refractivity contribution in [2.45, 2.75) is 57.7 Å². The van der Waals surface area contributed by atoms with E-state index < -0.39 is 17.6 Å². The van der Waals surface area contributed by atoms with E-state index in [0.717, 1.165) is 56.1 Å². The van der Waals surface area contributed by atoms with Crippen LogP contribution in [0.5, 0.6) is 17.2 Å². The van der Waals surface area contributed by atoms with Crippen molar-refractivity contribution < 1.29 is 33.2 Å². The van der Waals surface area contributed by atoms with Crippen molar-refractivity contribution in [1.29, 1.82) is 0 Å². The molecular formula is C34H36ClFN4O6. The van der Waals surface area contributed by atoms with E-state index in [1.807, 2.05) is 18.2 Å². The average Bonchev–Trinajstić information content (AvgIpc) is 3.55. The first-order valence-corrected chi connectivity index (χ1v) is 15.9. The summed E-state index contributed by atoms with van der Waals surface area (Å²) in [5.41, 5.74) is 2.70. The van der Waals surface area contributed by atoms with Crippen LogP contribution in [0.2, 0.25) is 5.02 Å². The molecule has 0 spiro atoms. The van der Waals surface area contributed by atoms with Crippen LogP contribution >= 0.6 is 11.6 Å². The first-order valence-electron chi connectivity index (χ1n) is 15.5. The molecule has 0 radical (unpaired) electrons. The van der Waals surface area contributed by atoms with Gasteiger partial charge in [0.1, 0.15) is 22.9 Å². The SMILES string of the molecule is CC[C@H]1CN(c2cccc3c2O[C@@](C)(c2ccc(Cl)cc2F)O3)CCN1Cc1nc2c(OC)cc(C(=O)O)cc2n1C[C@@H]1CCO1. The zero-order valence-corrected chi connectivity index (χ0v) is 26.7. The first-order chi connectivity index (χ1) is 22.2. The van der Waals surface area contributed by atoms with Crippen LogP contribution in [0, 0.1) is 5.82 Å². The Morgan fingerprint density at radius 2 is 2.02 bits per heavy atom. The summed E-state index contributed by atoms with van der Waals surface area (Å²) in [5, 5.41) is 10.1. The molecule has 12 heteroatoms. The van der Waals surface area contributed by atoms with Crippen LogP contribution in [0.3, 0.4) is 0 Å². The Bertz CT molecular complexity index is 1810. The van der Waals surface area contributed by atoms with Gasteiger partial charge in [-0.15, -0.1) is 0 Å². The maximum absolute atomic E-state index is 14.9. The van der Waals surface area contributed by atoms with Gasteiger partial charge in [0.05, 0.1) is 48.6 Å². The molecular weight excluding hydrogens is 615 g/mol. The number of nitrogens with zero attached hydrogens (tertiary/aromatic N) is 4. The molecule has 2 fully saturated rings. The third kappa shape index (κ3) is 5.40. The van der Waals surface area contributed by atoms with E-state index in [-0.39, 0.29) is 23.3 Å². The van der Waals surface area contributed by atoms with Gasteiger partial charge in [-0.05, 0) is 55.3 Å². The summed E-state index contributed by atoms with van der Waals surface area (Å²) in [7, 11) is 1.53. The quantitative estimate of drug-likeness (QED) is 0.231. The number of ether oxygens (including phenoxy) is 4. The molecule has 242 valence electrons. The second-order valence-electron chi connectivity index (χ2n) is 12.1. The lowest BCUT2D eigenvalue weighted by atomic mass is 10.1. The summed E-state index contributed by atoms with van der Waals surface area (Å²) >= 11 is 6.00. The molecule has 0 saturated carbocycles. The smallest absolute Gasteiger partial charge is 0.335 e. The lowest BCUT2D eigenvalue weighted by molar-refractivity contribution is -0.0705. The van der Waals surface area contributed by atoms with Gasteiger partial charge in [0.15, 0.2) is 11.5 Å². The normalized spacial score (nSPS) is 22.7. The lowest BCUT2D eigenvalue weighted by Crippen LogP contribution is -2.53. The van der Waals surface area contributed by atoms with E-state index in [4.69, 9.17) is 35.5 Å². The third-order valence-electron chi connectivity index (χ3n) is 9.29. The topological polar surface area (TPSA) is 98.5 Å². The van der Waals surface area contributed by atoms with Crippen LogP contribution in [0.15, 0.2) is 48.5 Å². The molecule has 1 N–H and O–H groups in total. The Kier molecular flexibility index (Phi) is 7.94. The number of hydrogen-bond acceptors (Lipinski definition) is 8. The fourth-order valence-electron chi connectivity index (χ4n) is 6.69. The van der Waals surface area contributed by atoms with Crippen LogP contribution in [-0.4, -0.2) is 71.0 Å². The number of imidazole rings is 1. The van der Waals surface area contributed by atoms with Gasteiger partial charge in [0.2, 0.25) is 0 Å². The maximum atomic E-state index is 14.9. The van der Waals surface area contributed by atoms with E-state index in [9.17, 15) is 14.3 Å². The number of carboxylic acid groups (broad SMARTS) is 1. The number of aromatic carboxylic acids is 1. The van der Waals surface area contributed by atoms with Gasteiger partial charge in [-0.3, -0.25) is 4.90 Å². The number of hydrogen-bond donors (Lipinski definition) is 1. The highest BCUT2D eigenvalue weighted by Crippen LogP contribution is 2.50. The van der Waals surface area contributed by atoms with Crippen LogP contribution in [0.1, 0.15) is 48.4 Å². The van der Waals surface area contributed by atoms with Gasteiger partial charge in [-0.1, -0.05) is 24.6 Å². The number of piperazine rings is 1. The van der Waals surface area contributed by atoms with E-state index in [1.54, 1.807) is 25.1 Å². The minimum Gasteiger partial charge on any atom is -0.494 e. The molecule has 10 nitrogen and oxygen atoms in total. The van der Waals surface area contributed by atoms with Gasteiger partial charge in [0, 0.05) is 44.2 Å². The number of benzene rings is 3. The Morgan fingerprint density at radius 3 is 2.72 bits per heavy atom. The molecule has 0 unspecified atom stereocenters. The maximum Gasteiger partial charge on any atom is 0.335 e. The Labute approximate surface area is 271 Å². The Balaban J connectivity index is 1.15. The standard InChI is InChI=1S/C34H36ClFN4O6/c1-4-22-17-39(26-6-5-7-28-32(26)46-34(2,45-28)24-9-8-21(35)16-25(24)36)12-11-38(22)19-30-37-31-27(40(30)18-23-10-13-44-23)14-20(33(41)42)15-29(31)43-3/h5-9,14-16,22-23H,4,10-13,17-19H2,1-3H3,(H,41,42)/t22-,23-,34-/m0/s1. The average molecular weight is 651 g/mol.